The van der Waals surface area contributed by atoms with E-state index in [0.717, 1.165) is 17.1 Å². The van der Waals surface area contributed by atoms with Crippen molar-refractivity contribution in [2.45, 2.75) is 6.54 Å². The summed E-state index contributed by atoms with van der Waals surface area (Å²) in [6.07, 6.45) is 1.63. The predicted molar refractivity (Wildman–Crippen MR) is 65.2 cm³/mol. The van der Waals surface area contributed by atoms with Crippen LogP contribution in [-0.2, 0) is 6.54 Å². The quantitative estimate of drug-likeness (QED) is 0.675. The first kappa shape index (κ1) is 10.9. The maximum absolute atomic E-state index is 13.6. The summed E-state index contributed by atoms with van der Waals surface area (Å²) in [5, 5.41) is 0. The van der Waals surface area contributed by atoms with E-state index in [4.69, 9.17) is 0 Å². The number of benzene rings is 2. The van der Waals surface area contributed by atoms with Gasteiger partial charge in [-0.15, -0.1) is 0 Å². The topological polar surface area (TPSA) is 17.8 Å². The summed E-state index contributed by atoms with van der Waals surface area (Å²) in [5.74, 6) is -1.62. The number of hydrogen-bond donors (Lipinski definition) is 0. The molecule has 2 aromatic carbocycles. The average molecular weight is 244 g/mol. The van der Waals surface area contributed by atoms with Crippen molar-refractivity contribution >= 4 is 11.0 Å². The van der Waals surface area contributed by atoms with Crippen LogP contribution in [0.1, 0.15) is 5.56 Å². The highest BCUT2D eigenvalue weighted by Gasteiger charge is 2.09. The third-order valence-electron chi connectivity index (χ3n) is 2.90. The van der Waals surface area contributed by atoms with E-state index in [1.807, 2.05) is 24.3 Å². The zero-order valence-electron chi connectivity index (χ0n) is 9.48. The molecule has 90 valence electrons. The van der Waals surface area contributed by atoms with Crippen LogP contribution in [0.3, 0.4) is 0 Å². The number of imidazole rings is 1. The van der Waals surface area contributed by atoms with Crippen LogP contribution in [0.15, 0.2) is 48.8 Å². The van der Waals surface area contributed by atoms with E-state index < -0.39 is 11.6 Å². The Morgan fingerprint density at radius 3 is 2.72 bits per heavy atom. The molecule has 0 atom stereocenters. The first-order valence-corrected chi connectivity index (χ1v) is 5.58. The molecular weight excluding hydrogens is 234 g/mol. The van der Waals surface area contributed by atoms with Gasteiger partial charge < -0.3 is 4.57 Å². The van der Waals surface area contributed by atoms with Crippen molar-refractivity contribution in [1.29, 1.82) is 0 Å². The Hall–Kier alpha value is -2.23. The summed E-state index contributed by atoms with van der Waals surface area (Å²) in [7, 11) is 0. The SMILES string of the molecule is Fc1cccc(Cn2cnc3ccccc32)c1F. The monoisotopic (exact) mass is 244 g/mol. The van der Waals surface area contributed by atoms with Gasteiger partial charge in [-0.25, -0.2) is 13.8 Å². The van der Waals surface area contributed by atoms with Gasteiger partial charge in [0.2, 0.25) is 0 Å². The van der Waals surface area contributed by atoms with Crippen molar-refractivity contribution in [1.82, 2.24) is 9.55 Å². The lowest BCUT2D eigenvalue weighted by molar-refractivity contribution is 0.496. The summed E-state index contributed by atoms with van der Waals surface area (Å²) in [5.41, 5.74) is 2.06. The largest absolute Gasteiger partial charge is 0.326 e. The van der Waals surface area contributed by atoms with Crippen molar-refractivity contribution in [3.8, 4) is 0 Å². The van der Waals surface area contributed by atoms with Gasteiger partial charge in [-0.05, 0) is 18.2 Å². The third-order valence-corrected chi connectivity index (χ3v) is 2.90. The van der Waals surface area contributed by atoms with E-state index in [0.29, 0.717) is 5.56 Å². The molecule has 0 spiro atoms. The number of hydrogen-bond acceptors (Lipinski definition) is 1. The summed E-state index contributed by atoms with van der Waals surface area (Å²) < 4.78 is 28.5. The average Bonchev–Trinajstić information content (AvgIpc) is 2.79. The van der Waals surface area contributed by atoms with Crippen LogP contribution >= 0.6 is 0 Å². The Labute approximate surface area is 103 Å². The fourth-order valence-corrected chi connectivity index (χ4v) is 1.99. The van der Waals surface area contributed by atoms with Gasteiger partial charge in [0.15, 0.2) is 11.6 Å². The van der Waals surface area contributed by atoms with Crippen LogP contribution in [0, 0.1) is 11.6 Å². The summed E-state index contributed by atoms with van der Waals surface area (Å²) in [6.45, 7) is 0.268. The normalized spacial score (nSPS) is 11.0. The Bertz CT molecular complexity index is 704. The maximum atomic E-state index is 13.6. The lowest BCUT2D eigenvalue weighted by Crippen LogP contribution is -2.02. The van der Waals surface area contributed by atoms with E-state index in [2.05, 4.69) is 4.98 Å². The van der Waals surface area contributed by atoms with Gasteiger partial charge in [-0.1, -0.05) is 24.3 Å². The molecule has 2 nitrogen and oxygen atoms in total. The number of fused-ring (bicyclic) bond motifs is 1. The number of para-hydroxylation sites is 2. The lowest BCUT2D eigenvalue weighted by Gasteiger charge is -2.06. The molecule has 0 bridgehead atoms. The Morgan fingerprint density at radius 2 is 1.83 bits per heavy atom. The van der Waals surface area contributed by atoms with Crippen molar-refractivity contribution in [2.24, 2.45) is 0 Å². The molecule has 0 unspecified atom stereocenters. The van der Waals surface area contributed by atoms with Gasteiger partial charge in [0.05, 0.1) is 23.9 Å². The molecule has 0 saturated heterocycles. The van der Waals surface area contributed by atoms with Crippen LogP contribution in [0.25, 0.3) is 11.0 Å². The number of rotatable bonds is 2. The first-order valence-electron chi connectivity index (χ1n) is 5.58. The Morgan fingerprint density at radius 1 is 1.00 bits per heavy atom. The van der Waals surface area contributed by atoms with Gasteiger partial charge >= 0.3 is 0 Å². The molecule has 0 fully saturated rings. The van der Waals surface area contributed by atoms with Crippen molar-refractivity contribution < 1.29 is 8.78 Å². The van der Waals surface area contributed by atoms with Crippen LogP contribution < -0.4 is 0 Å². The highest BCUT2D eigenvalue weighted by Crippen LogP contribution is 2.17. The molecule has 0 aliphatic heterocycles. The molecule has 1 aromatic heterocycles. The summed E-state index contributed by atoms with van der Waals surface area (Å²) in [4.78, 5) is 4.21. The van der Waals surface area contributed by atoms with Gasteiger partial charge in [-0.3, -0.25) is 0 Å². The molecule has 3 rings (SSSR count). The molecule has 0 aliphatic rings. The minimum absolute atomic E-state index is 0.268. The van der Waals surface area contributed by atoms with Crippen LogP contribution in [0.5, 0.6) is 0 Å². The predicted octanol–water partition coefficient (Wildman–Crippen LogP) is 3.36. The summed E-state index contributed by atoms with van der Waals surface area (Å²) >= 11 is 0. The van der Waals surface area contributed by atoms with Gasteiger partial charge in [0.1, 0.15) is 0 Å². The van der Waals surface area contributed by atoms with Crippen molar-refractivity contribution in [2.75, 3.05) is 0 Å². The van der Waals surface area contributed by atoms with Gasteiger partial charge in [-0.2, -0.15) is 0 Å². The van der Waals surface area contributed by atoms with Gasteiger partial charge in [0, 0.05) is 5.56 Å². The van der Waals surface area contributed by atoms with E-state index in [1.165, 1.54) is 6.07 Å². The first-order chi connectivity index (χ1) is 8.75. The second kappa shape index (κ2) is 4.22. The molecule has 0 amide bonds. The fraction of sp³-hybridized carbons (Fsp3) is 0.0714. The number of halogens is 2. The summed E-state index contributed by atoms with van der Waals surface area (Å²) in [6, 6.07) is 11.8. The van der Waals surface area contributed by atoms with E-state index in [-0.39, 0.29) is 6.54 Å². The van der Waals surface area contributed by atoms with Gasteiger partial charge in [0.25, 0.3) is 0 Å². The highest BCUT2D eigenvalue weighted by atomic mass is 19.2. The molecule has 3 aromatic rings. The smallest absolute Gasteiger partial charge is 0.163 e. The van der Waals surface area contributed by atoms with Crippen LogP contribution in [0.4, 0.5) is 8.78 Å². The zero-order valence-corrected chi connectivity index (χ0v) is 9.48. The zero-order chi connectivity index (χ0) is 12.5. The molecule has 0 saturated carbocycles. The molecule has 18 heavy (non-hydrogen) atoms. The third kappa shape index (κ3) is 1.76. The molecule has 0 N–H and O–H groups in total. The van der Waals surface area contributed by atoms with Crippen molar-refractivity contribution in [3.05, 3.63) is 66.0 Å². The van der Waals surface area contributed by atoms with Crippen LogP contribution in [-0.4, -0.2) is 9.55 Å². The second-order valence-corrected chi connectivity index (χ2v) is 4.07. The van der Waals surface area contributed by atoms with Crippen molar-refractivity contribution in [3.63, 3.8) is 0 Å². The van der Waals surface area contributed by atoms with E-state index in [1.54, 1.807) is 17.0 Å². The van der Waals surface area contributed by atoms with Crippen LogP contribution in [0.2, 0.25) is 0 Å². The Kier molecular flexibility index (Phi) is 2.55. The minimum atomic E-state index is -0.822. The molecule has 0 aliphatic carbocycles. The highest BCUT2D eigenvalue weighted by molar-refractivity contribution is 5.75. The molecule has 4 heteroatoms. The lowest BCUT2D eigenvalue weighted by atomic mass is 10.2. The van der Waals surface area contributed by atoms with E-state index >= 15 is 0 Å². The maximum Gasteiger partial charge on any atom is 0.163 e. The second-order valence-electron chi connectivity index (χ2n) is 4.07. The van der Waals surface area contributed by atoms with E-state index in [9.17, 15) is 8.78 Å². The standard InChI is InChI=1S/C14H10F2N2/c15-11-5-3-4-10(14(11)16)8-18-9-17-12-6-1-2-7-13(12)18/h1-7,9H,8H2. The fourth-order valence-electron chi connectivity index (χ4n) is 1.99. The minimum Gasteiger partial charge on any atom is -0.326 e. The Balaban J connectivity index is 2.04. The number of nitrogens with zero attached hydrogens (tertiary/aromatic N) is 2. The molecule has 0 radical (unpaired) electrons. The molecular formula is C14H10F2N2. The number of aromatic nitrogens is 2. The molecule has 1 heterocycles.